The van der Waals surface area contributed by atoms with Crippen LogP contribution in [-0.4, -0.2) is 14.0 Å². The number of fused-ring (bicyclic) bond motifs is 5. The Morgan fingerprint density at radius 1 is 0.696 bits per heavy atom. The van der Waals surface area contributed by atoms with Gasteiger partial charge in [0, 0.05) is 9.26 Å². The van der Waals surface area contributed by atoms with Gasteiger partial charge in [0.1, 0.15) is 5.52 Å². The number of aromatic nitrogens is 3. The fraction of sp³-hybridized carbons (Fsp3) is 0. The van der Waals surface area contributed by atoms with E-state index in [-0.39, 0.29) is 0 Å². The van der Waals surface area contributed by atoms with Crippen molar-refractivity contribution in [2.75, 3.05) is 0 Å². The van der Waals surface area contributed by atoms with Gasteiger partial charge in [-0.1, -0.05) is 36.4 Å². The van der Waals surface area contributed by atoms with Crippen LogP contribution in [0.4, 0.5) is 0 Å². The third-order valence-corrected chi connectivity index (χ3v) is 5.07. The van der Waals surface area contributed by atoms with Crippen LogP contribution in [0.5, 0.6) is 0 Å². The second kappa shape index (κ2) is 4.83. The molecule has 0 aliphatic rings. The molecule has 0 amide bonds. The number of para-hydroxylation sites is 4. The molecule has 0 aliphatic heterocycles. The number of rotatable bonds is 1. The van der Waals surface area contributed by atoms with Crippen molar-refractivity contribution >= 4 is 50.4 Å². The van der Waals surface area contributed by atoms with Crippen molar-refractivity contribution in [2.45, 2.75) is 0 Å². The second-order valence-electron chi connectivity index (χ2n) is 5.51. The van der Waals surface area contributed by atoms with Crippen LogP contribution < -0.4 is 0 Å². The Kier molecular flexibility index (Phi) is 2.76. The van der Waals surface area contributed by atoms with E-state index in [4.69, 9.17) is 4.98 Å². The van der Waals surface area contributed by atoms with E-state index in [0.717, 1.165) is 22.5 Å². The molecule has 0 spiro atoms. The lowest BCUT2D eigenvalue weighted by molar-refractivity contribution is 1.11. The Hall–Kier alpha value is -2.34. The van der Waals surface area contributed by atoms with Crippen LogP contribution in [0, 0.1) is 3.57 Å². The molecule has 5 aromatic rings. The Morgan fingerprint density at radius 2 is 1.39 bits per heavy atom. The minimum atomic E-state index is 0.955. The molecule has 110 valence electrons. The van der Waals surface area contributed by atoms with Crippen LogP contribution in [0.1, 0.15) is 0 Å². The molecule has 0 unspecified atom stereocenters. The number of hydrogen-bond donors (Lipinski definition) is 0. The normalized spacial score (nSPS) is 11.7. The summed E-state index contributed by atoms with van der Waals surface area (Å²) in [5, 5.41) is 0. The summed E-state index contributed by atoms with van der Waals surface area (Å²) in [6.07, 6.45) is 0. The third kappa shape index (κ3) is 1.78. The molecule has 3 nitrogen and oxygen atoms in total. The summed E-state index contributed by atoms with van der Waals surface area (Å²) in [5.41, 5.74) is 5.68. The van der Waals surface area contributed by atoms with E-state index < -0.39 is 0 Å². The molecule has 5 rings (SSSR count). The lowest BCUT2D eigenvalue weighted by Crippen LogP contribution is -1.94. The predicted octanol–water partition coefficient (Wildman–Crippen LogP) is 5.04. The number of imidazole rings is 2. The Bertz CT molecular complexity index is 1170. The van der Waals surface area contributed by atoms with E-state index in [1.807, 2.05) is 6.07 Å². The van der Waals surface area contributed by atoms with Crippen LogP contribution in [0.2, 0.25) is 0 Å². The van der Waals surface area contributed by atoms with Gasteiger partial charge in [-0.15, -0.1) is 0 Å². The number of hydrogen-bond acceptors (Lipinski definition) is 1. The van der Waals surface area contributed by atoms with E-state index in [1.54, 1.807) is 0 Å². The van der Waals surface area contributed by atoms with E-state index in [2.05, 4.69) is 98.3 Å². The number of nitrogens with zero attached hydrogens (tertiary/aromatic N) is 3. The van der Waals surface area contributed by atoms with Crippen molar-refractivity contribution in [3.8, 4) is 5.69 Å². The topological polar surface area (TPSA) is 22.2 Å². The smallest absolute Gasteiger partial charge is 0.220 e. The zero-order valence-electron chi connectivity index (χ0n) is 12.1. The maximum Gasteiger partial charge on any atom is 0.220 e. The quantitative estimate of drug-likeness (QED) is 0.356. The van der Waals surface area contributed by atoms with Gasteiger partial charge in [0.15, 0.2) is 0 Å². The highest BCUT2D eigenvalue weighted by atomic mass is 127. The average molecular weight is 409 g/mol. The molecule has 0 saturated heterocycles. The average Bonchev–Trinajstić information content (AvgIpc) is 3.11. The molecule has 0 bridgehead atoms. The van der Waals surface area contributed by atoms with E-state index in [0.29, 0.717) is 0 Å². The monoisotopic (exact) mass is 409 g/mol. The summed E-state index contributed by atoms with van der Waals surface area (Å²) in [4.78, 5) is 4.95. The zero-order valence-corrected chi connectivity index (χ0v) is 14.3. The standard InChI is InChI=1S/C19H12IN3/c20-14-9-6-12-17-18(14)21-19-22(13-7-2-1-3-8-13)15-10-4-5-11-16(15)23(17)19/h1-12H. The largest absolute Gasteiger partial charge is 0.278 e. The SMILES string of the molecule is Ic1cccc2c1nc1n(-c3ccccc3)c3ccccc3n21. The van der Waals surface area contributed by atoms with Gasteiger partial charge in [-0.05, 0) is 59.0 Å². The molecule has 3 aromatic carbocycles. The molecule has 0 fully saturated rings. The van der Waals surface area contributed by atoms with Crippen molar-refractivity contribution in [3.63, 3.8) is 0 Å². The summed E-state index contributed by atoms with van der Waals surface area (Å²) < 4.78 is 5.65. The second-order valence-corrected chi connectivity index (χ2v) is 6.68. The fourth-order valence-corrected chi connectivity index (χ4v) is 3.83. The van der Waals surface area contributed by atoms with E-state index in [1.165, 1.54) is 14.6 Å². The van der Waals surface area contributed by atoms with E-state index in [9.17, 15) is 0 Å². The molecule has 4 heteroatoms. The first kappa shape index (κ1) is 13.1. The molecule has 0 N–H and O–H groups in total. The van der Waals surface area contributed by atoms with Crippen LogP contribution in [0.15, 0.2) is 72.8 Å². The van der Waals surface area contributed by atoms with Crippen molar-refractivity contribution in [1.82, 2.24) is 14.0 Å². The Morgan fingerprint density at radius 3 is 2.22 bits per heavy atom. The summed E-state index contributed by atoms with van der Waals surface area (Å²) in [6, 6.07) is 25.2. The molecule has 0 aliphatic carbocycles. The van der Waals surface area contributed by atoms with Crippen molar-refractivity contribution in [3.05, 3.63) is 76.4 Å². The molecular weight excluding hydrogens is 397 g/mol. The molecule has 0 atom stereocenters. The minimum absolute atomic E-state index is 0.955. The van der Waals surface area contributed by atoms with Gasteiger partial charge in [-0.25, -0.2) is 4.98 Å². The van der Waals surface area contributed by atoms with Gasteiger partial charge in [0.05, 0.1) is 16.6 Å². The van der Waals surface area contributed by atoms with Crippen LogP contribution in [0.3, 0.4) is 0 Å². The van der Waals surface area contributed by atoms with Crippen molar-refractivity contribution in [1.29, 1.82) is 0 Å². The zero-order chi connectivity index (χ0) is 15.4. The third-order valence-electron chi connectivity index (χ3n) is 4.20. The Labute approximate surface area is 146 Å². The Balaban J connectivity index is 2.07. The van der Waals surface area contributed by atoms with Gasteiger partial charge >= 0.3 is 0 Å². The lowest BCUT2D eigenvalue weighted by atomic mass is 10.2. The van der Waals surface area contributed by atoms with Crippen molar-refractivity contribution in [2.24, 2.45) is 0 Å². The highest BCUT2D eigenvalue weighted by Gasteiger charge is 2.17. The number of benzene rings is 3. The van der Waals surface area contributed by atoms with Crippen molar-refractivity contribution < 1.29 is 0 Å². The molecule has 0 radical (unpaired) electrons. The maximum absolute atomic E-state index is 4.95. The molecule has 0 saturated carbocycles. The van der Waals surface area contributed by atoms with Gasteiger partial charge in [-0.2, -0.15) is 0 Å². The summed E-state index contributed by atoms with van der Waals surface area (Å²) in [7, 11) is 0. The summed E-state index contributed by atoms with van der Waals surface area (Å²) >= 11 is 2.36. The molecule has 23 heavy (non-hydrogen) atoms. The van der Waals surface area contributed by atoms with Gasteiger partial charge in [0.2, 0.25) is 5.78 Å². The predicted molar refractivity (Wildman–Crippen MR) is 102 cm³/mol. The van der Waals surface area contributed by atoms with Crippen LogP contribution >= 0.6 is 22.6 Å². The van der Waals surface area contributed by atoms with Gasteiger partial charge < -0.3 is 0 Å². The molecular formula is C19H12IN3. The summed E-state index contributed by atoms with van der Waals surface area (Å²) in [6.45, 7) is 0. The highest BCUT2D eigenvalue weighted by molar-refractivity contribution is 14.1. The van der Waals surface area contributed by atoms with Gasteiger partial charge in [0.25, 0.3) is 0 Å². The highest BCUT2D eigenvalue weighted by Crippen LogP contribution is 2.30. The first-order chi connectivity index (χ1) is 11.3. The molecule has 2 heterocycles. The maximum atomic E-state index is 4.95. The number of halogens is 1. The first-order valence-corrected chi connectivity index (χ1v) is 8.54. The van der Waals surface area contributed by atoms with E-state index >= 15 is 0 Å². The molecule has 2 aromatic heterocycles. The minimum Gasteiger partial charge on any atom is -0.278 e. The van der Waals surface area contributed by atoms with Crippen LogP contribution in [0.25, 0.3) is 33.5 Å². The van der Waals surface area contributed by atoms with Gasteiger partial charge in [-0.3, -0.25) is 8.97 Å². The first-order valence-electron chi connectivity index (χ1n) is 7.46. The lowest BCUT2D eigenvalue weighted by Gasteiger charge is -2.04. The van der Waals surface area contributed by atoms with Crippen LogP contribution in [-0.2, 0) is 0 Å². The summed E-state index contributed by atoms with van der Waals surface area (Å²) in [5.74, 6) is 0.955. The fourth-order valence-electron chi connectivity index (χ4n) is 3.22.